The SMILES string of the molecule is COc1ccc(C(CN)C(O)c2cc3c(s2)CCC3)cc1. The van der Waals surface area contributed by atoms with Crippen molar-refractivity contribution < 1.29 is 9.84 Å². The second kappa shape index (κ2) is 6.18. The van der Waals surface area contributed by atoms with Crippen LogP contribution in [0.5, 0.6) is 5.75 Å². The number of hydrogen-bond donors (Lipinski definition) is 2. The lowest BCUT2D eigenvalue weighted by Gasteiger charge is -2.21. The van der Waals surface area contributed by atoms with Gasteiger partial charge in [-0.15, -0.1) is 11.3 Å². The highest BCUT2D eigenvalue weighted by molar-refractivity contribution is 7.12. The molecule has 0 fully saturated rings. The highest BCUT2D eigenvalue weighted by Crippen LogP contribution is 2.39. The van der Waals surface area contributed by atoms with Gasteiger partial charge < -0.3 is 15.6 Å². The van der Waals surface area contributed by atoms with Crippen LogP contribution >= 0.6 is 11.3 Å². The van der Waals surface area contributed by atoms with Crippen molar-refractivity contribution in [3.05, 3.63) is 51.2 Å². The molecule has 0 saturated carbocycles. The van der Waals surface area contributed by atoms with Gasteiger partial charge in [-0.05, 0) is 48.6 Å². The first-order valence-corrected chi connectivity index (χ1v) is 8.18. The molecule has 0 radical (unpaired) electrons. The summed E-state index contributed by atoms with van der Waals surface area (Å²) in [4.78, 5) is 2.49. The number of benzene rings is 1. The van der Waals surface area contributed by atoms with Crippen molar-refractivity contribution in [3.63, 3.8) is 0 Å². The summed E-state index contributed by atoms with van der Waals surface area (Å²) in [6, 6.07) is 9.98. The monoisotopic (exact) mass is 303 g/mol. The predicted octanol–water partition coefficient (Wildman–Crippen LogP) is 3.02. The summed E-state index contributed by atoms with van der Waals surface area (Å²) in [5, 5.41) is 10.7. The molecule has 2 atom stereocenters. The highest BCUT2D eigenvalue weighted by Gasteiger charge is 2.25. The van der Waals surface area contributed by atoms with Crippen molar-refractivity contribution >= 4 is 11.3 Å². The number of rotatable bonds is 5. The lowest BCUT2D eigenvalue weighted by molar-refractivity contribution is 0.151. The summed E-state index contributed by atoms with van der Waals surface area (Å²) in [6.07, 6.45) is 3.02. The Kier molecular flexibility index (Phi) is 4.29. The van der Waals surface area contributed by atoms with Crippen LogP contribution in [0.4, 0.5) is 0 Å². The smallest absolute Gasteiger partial charge is 0.118 e. The van der Waals surface area contributed by atoms with E-state index in [4.69, 9.17) is 10.5 Å². The molecule has 1 heterocycles. The Balaban J connectivity index is 1.83. The third-order valence-corrected chi connectivity index (χ3v) is 5.54. The van der Waals surface area contributed by atoms with Gasteiger partial charge in [-0.3, -0.25) is 0 Å². The van der Waals surface area contributed by atoms with Crippen LogP contribution in [0.1, 0.15) is 39.3 Å². The summed E-state index contributed by atoms with van der Waals surface area (Å²) in [7, 11) is 1.65. The molecule has 0 aliphatic heterocycles. The lowest BCUT2D eigenvalue weighted by atomic mass is 9.92. The zero-order chi connectivity index (χ0) is 14.8. The third kappa shape index (κ3) is 2.84. The molecule has 0 spiro atoms. The fraction of sp³-hybridized carbons (Fsp3) is 0.412. The second-order valence-corrected chi connectivity index (χ2v) is 6.68. The molecule has 2 unspecified atom stereocenters. The first-order valence-electron chi connectivity index (χ1n) is 7.36. The number of hydrogen-bond acceptors (Lipinski definition) is 4. The molecular formula is C17H21NO2S. The number of aliphatic hydroxyl groups is 1. The Morgan fingerprint density at radius 2 is 2.05 bits per heavy atom. The molecule has 2 aromatic rings. The average Bonchev–Trinajstić information content (AvgIpc) is 3.10. The molecule has 1 aliphatic carbocycles. The summed E-state index contributed by atoms with van der Waals surface area (Å²) in [5.41, 5.74) is 8.39. The van der Waals surface area contributed by atoms with Gasteiger partial charge in [0.1, 0.15) is 5.75 Å². The van der Waals surface area contributed by atoms with Crippen LogP contribution in [0.15, 0.2) is 30.3 Å². The number of fused-ring (bicyclic) bond motifs is 1. The third-order valence-electron chi connectivity index (χ3n) is 4.24. The van der Waals surface area contributed by atoms with Gasteiger partial charge in [0, 0.05) is 22.2 Å². The van der Waals surface area contributed by atoms with Gasteiger partial charge in [-0.25, -0.2) is 0 Å². The molecule has 1 aliphatic rings. The van der Waals surface area contributed by atoms with Crippen molar-refractivity contribution in [1.29, 1.82) is 0 Å². The van der Waals surface area contributed by atoms with Gasteiger partial charge in [0.15, 0.2) is 0 Å². The molecule has 4 heteroatoms. The van der Waals surface area contributed by atoms with Crippen LogP contribution in [0.2, 0.25) is 0 Å². The first kappa shape index (κ1) is 14.6. The fourth-order valence-electron chi connectivity index (χ4n) is 2.99. The van der Waals surface area contributed by atoms with Crippen LogP contribution in [-0.2, 0) is 12.8 Å². The first-order chi connectivity index (χ1) is 10.2. The molecule has 112 valence electrons. The molecule has 0 bridgehead atoms. The van der Waals surface area contributed by atoms with Crippen molar-refractivity contribution in [2.24, 2.45) is 5.73 Å². The van der Waals surface area contributed by atoms with Crippen molar-refractivity contribution in [2.45, 2.75) is 31.3 Å². The Morgan fingerprint density at radius 3 is 2.67 bits per heavy atom. The maximum absolute atomic E-state index is 10.7. The van der Waals surface area contributed by atoms with Crippen LogP contribution in [-0.4, -0.2) is 18.8 Å². The van der Waals surface area contributed by atoms with Crippen LogP contribution < -0.4 is 10.5 Å². The second-order valence-electron chi connectivity index (χ2n) is 5.51. The molecule has 0 amide bonds. The van der Waals surface area contributed by atoms with E-state index >= 15 is 0 Å². The van der Waals surface area contributed by atoms with E-state index in [9.17, 15) is 5.11 Å². The Morgan fingerprint density at radius 1 is 1.29 bits per heavy atom. The minimum atomic E-state index is -0.529. The standard InChI is InChI=1S/C17H21NO2S/c1-20-13-7-5-11(6-8-13)14(10-18)17(19)16-9-12-3-2-4-15(12)21-16/h5-9,14,17,19H,2-4,10,18H2,1H3. The quantitative estimate of drug-likeness (QED) is 0.892. The van der Waals surface area contributed by atoms with E-state index in [0.29, 0.717) is 6.54 Å². The Hall–Kier alpha value is -1.36. The number of aryl methyl sites for hydroxylation is 2. The van der Waals surface area contributed by atoms with Crippen LogP contribution in [0.3, 0.4) is 0 Å². The number of methoxy groups -OCH3 is 1. The summed E-state index contributed by atoms with van der Waals surface area (Å²) in [5.74, 6) is 0.744. The predicted molar refractivity (Wildman–Crippen MR) is 86.1 cm³/mol. The molecule has 1 aromatic heterocycles. The van der Waals surface area contributed by atoms with E-state index in [1.165, 1.54) is 16.9 Å². The van der Waals surface area contributed by atoms with Crippen molar-refractivity contribution in [3.8, 4) is 5.75 Å². The molecule has 3 nitrogen and oxygen atoms in total. The Labute approximate surface area is 129 Å². The van der Waals surface area contributed by atoms with Gasteiger partial charge in [-0.1, -0.05) is 12.1 Å². The number of nitrogens with two attached hydrogens (primary N) is 1. The minimum absolute atomic E-state index is 0.0744. The average molecular weight is 303 g/mol. The van der Waals surface area contributed by atoms with Gasteiger partial charge in [0.05, 0.1) is 13.2 Å². The Bertz CT molecular complexity index is 584. The van der Waals surface area contributed by atoms with E-state index in [2.05, 4.69) is 6.07 Å². The molecule has 3 N–H and O–H groups in total. The van der Waals surface area contributed by atoms with Gasteiger partial charge in [0.2, 0.25) is 0 Å². The minimum Gasteiger partial charge on any atom is -0.497 e. The molecule has 21 heavy (non-hydrogen) atoms. The largest absolute Gasteiger partial charge is 0.497 e. The van der Waals surface area contributed by atoms with E-state index in [0.717, 1.165) is 29.0 Å². The van der Waals surface area contributed by atoms with Crippen LogP contribution in [0.25, 0.3) is 0 Å². The summed E-state index contributed by atoms with van der Waals surface area (Å²) < 4.78 is 5.18. The molecule has 3 rings (SSSR count). The van der Waals surface area contributed by atoms with Crippen LogP contribution in [0, 0.1) is 0 Å². The van der Waals surface area contributed by atoms with E-state index in [-0.39, 0.29) is 5.92 Å². The normalized spacial score (nSPS) is 16.5. The number of ether oxygens (including phenoxy) is 1. The van der Waals surface area contributed by atoms with Crippen molar-refractivity contribution in [2.75, 3.05) is 13.7 Å². The zero-order valence-corrected chi connectivity index (χ0v) is 13.0. The molecule has 1 aromatic carbocycles. The summed E-state index contributed by atoms with van der Waals surface area (Å²) >= 11 is 1.75. The highest BCUT2D eigenvalue weighted by atomic mass is 32.1. The molecule has 0 saturated heterocycles. The topological polar surface area (TPSA) is 55.5 Å². The van der Waals surface area contributed by atoms with Gasteiger partial charge in [0.25, 0.3) is 0 Å². The van der Waals surface area contributed by atoms with Crippen molar-refractivity contribution in [1.82, 2.24) is 0 Å². The fourth-order valence-corrected chi connectivity index (χ4v) is 4.30. The van der Waals surface area contributed by atoms with E-state index in [1.807, 2.05) is 24.3 Å². The zero-order valence-electron chi connectivity index (χ0n) is 12.2. The number of thiophene rings is 1. The van der Waals surface area contributed by atoms with E-state index < -0.39 is 6.10 Å². The maximum atomic E-state index is 10.7. The van der Waals surface area contributed by atoms with Gasteiger partial charge >= 0.3 is 0 Å². The van der Waals surface area contributed by atoms with E-state index in [1.54, 1.807) is 18.4 Å². The molecular weight excluding hydrogens is 282 g/mol. The lowest BCUT2D eigenvalue weighted by Crippen LogP contribution is -2.19. The number of aliphatic hydroxyl groups excluding tert-OH is 1. The van der Waals surface area contributed by atoms with Gasteiger partial charge in [-0.2, -0.15) is 0 Å². The summed E-state index contributed by atoms with van der Waals surface area (Å²) in [6.45, 7) is 0.427. The maximum Gasteiger partial charge on any atom is 0.118 e.